The Hall–Kier alpha value is -3.53. The lowest BCUT2D eigenvalue weighted by Crippen LogP contribution is -2.45. The predicted octanol–water partition coefficient (Wildman–Crippen LogP) is 7.03. The van der Waals surface area contributed by atoms with E-state index < -0.39 is 11.5 Å². The highest BCUT2D eigenvalue weighted by Crippen LogP contribution is 2.32. The van der Waals surface area contributed by atoms with Crippen LogP contribution in [0, 0.1) is 17.1 Å². The number of hydrogen-bond donors (Lipinski definition) is 5. The highest BCUT2D eigenvalue weighted by Gasteiger charge is 2.26. The molecule has 45 heavy (non-hydrogen) atoms. The summed E-state index contributed by atoms with van der Waals surface area (Å²) in [5, 5.41) is 15.8. The molecule has 0 spiro atoms. The second-order valence-corrected chi connectivity index (χ2v) is 13.4. The van der Waals surface area contributed by atoms with Gasteiger partial charge in [-0.05, 0) is 99.7 Å². The van der Waals surface area contributed by atoms with Crippen LogP contribution in [0.1, 0.15) is 83.4 Å². The number of amidine groups is 1. The van der Waals surface area contributed by atoms with E-state index in [2.05, 4.69) is 46.6 Å². The Morgan fingerprint density at radius 1 is 1.20 bits per heavy atom. The van der Waals surface area contributed by atoms with Crippen LogP contribution >= 0.6 is 11.6 Å². The zero-order valence-corrected chi connectivity index (χ0v) is 27.3. The van der Waals surface area contributed by atoms with Crippen molar-refractivity contribution in [2.24, 2.45) is 11.7 Å². The van der Waals surface area contributed by atoms with Crippen LogP contribution in [-0.2, 0) is 6.42 Å². The third kappa shape index (κ3) is 8.01. The smallest absolute Gasteiger partial charge is 0.354 e. The number of aromatic amines is 1. The first kappa shape index (κ1) is 32.9. The highest BCUT2D eigenvalue weighted by atomic mass is 35.5. The molecule has 0 bridgehead atoms. The Morgan fingerprint density at radius 3 is 2.64 bits per heavy atom. The molecule has 0 radical (unpaired) electrons. The van der Waals surface area contributed by atoms with E-state index >= 15 is 4.39 Å². The summed E-state index contributed by atoms with van der Waals surface area (Å²) in [7, 11) is 0. The lowest BCUT2D eigenvalue weighted by Gasteiger charge is -2.35. The number of nitrogens with two attached hydrogens (primary N) is 1. The minimum absolute atomic E-state index is 0.0613. The van der Waals surface area contributed by atoms with E-state index in [1.807, 2.05) is 19.1 Å². The number of benzene rings is 2. The number of aromatic nitrogens is 3. The van der Waals surface area contributed by atoms with Gasteiger partial charge >= 0.3 is 5.69 Å². The average Bonchev–Trinajstić information content (AvgIpc) is 3.40. The topological polar surface area (TPSA) is 125 Å². The maximum Gasteiger partial charge on any atom is 0.354 e. The van der Waals surface area contributed by atoms with Crippen molar-refractivity contribution in [2.45, 2.75) is 96.8 Å². The molecule has 1 aliphatic rings. The van der Waals surface area contributed by atoms with Crippen molar-refractivity contribution < 1.29 is 4.39 Å². The fourth-order valence-corrected chi connectivity index (χ4v) is 6.60. The molecule has 0 amide bonds. The van der Waals surface area contributed by atoms with Gasteiger partial charge < -0.3 is 21.4 Å². The molecule has 240 valence electrons. The van der Waals surface area contributed by atoms with Gasteiger partial charge in [0.2, 0.25) is 0 Å². The van der Waals surface area contributed by atoms with Crippen LogP contribution in [0.15, 0.2) is 53.5 Å². The molecule has 1 saturated heterocycles. The molecule has 1 fully saturated rings. The summed E-state index contributed by atoms with van der Waals surface area (Å²) in [6.45, 7) is 8.15. The first-order valence-corrected chi connectivity index (χ1v) is 16.4. The van der Waals surface area contributed by atoms with Crippen LogP contribution in [0.3, 0.4) is 0 Å². The number of hydrogen-bond acceptors (Lipinski definition) is 5. The summed E-state index contributed by atoms with van der Waals surface area (Å²) in [6.07, 6.45) is 8.50. The monoisotopic (exact) mass is 633 g/mol. The van der Waals surface area contributed by atoms with E-state index in [0.29, 0.717) is 45.8 Å². The van der Waals surface area contributed by atoms with Crippen LogP contribution in [0.25, 0.3) is 28.0 Å². The highest BCUT2D eigenvalue weighted by molar-refractivity contribution is 6.31. The molecule has 8 nitrogen and oxygen atoms in total. The minimum Gasteiger partial charge on any atom is -0.371 e. The minimum atomic E-state index is -0.510. The molecule has 2 aromatic heterocycles. The molecule has 0 saturated carbocycles. The Labute approximate surface area is 269 Å². The Balaban J connectivity index is 1.34. The van der Waals surface area contributed by atoms with Crippen molar-refractivity contribution in [3.8, 4) is 16.9 Å². The van der Waals surface area contributed by atoms with Gasteiger partial charge in [0.25, 0.3) is 0 Å². The molecule has 4 aromatic rings. The molecular formula is C35H45ClFN7O. The fourth-order valence-electron chi connectivity index (χ4n) is 6.36. The van der Waals surface area contributed by atoms with Crippen LogP contribution in [0.4, 0.5) is 4.39 Å². The molecular weight excluding hydrogens is 589 g/mol. The summed E-state index contributed by atoms with van der Waals surface area (Å²) in [5.74, 6) is 0.430. The second-order valence-electron chi connectivity index (χ2n) is 13.0. The quantitative estimate of drug-likeness (QED) is 0.0896. The van der Waals surface area contributed by atoms with Crippen molar-refractivity contribution in [1.82, 2.24) is 25.2 Å². The van der Waals surface area contributed by atoms with Gasteiger partial charge in [-0.3, -0.25) is 9.98 Å². The van der Waals surface area contributed by atoms with E-state index in [0.717, 1.165) is 50.5 Å². The van der Waals surface area contributed by atoms with Crippen LogP contribution in [0.5, 0.6) is 0 Å². The summed E-state index contributed by atoms with van der Waals surface area (Å²) in [5.41, 5.74) is 9.55. The predicted molar refractivity (Wildman–Crippen MR) is 182 cm³/mol. The van der Waals surface area contributed by atoms with Gasteiger partial charge in [-0.2, -0.15) is 4.98 Å². The number of H-pyrrole nitrogens is 1. The first-order chi connectivity index (χ1) is 21.5. The standard InChI is InChI=1S/C35H45ClFN7O/c1-20(2)31(40-22(4)39)18-26-9-6-10-30(41-26)24-11-13-27(14-12-24)44-19-25-17-32(42-34(25)43-35(44)45)28-15-23(8-5-7-21(3)38)16-29(36)33(28)37/h11-17,19-21,26,30-31,41H,5-10,18,38H2,1-4H3,(H2,39,40)(H,42,43,45)/t21-,26-,30-,31?/m0/s1. The van der Waals surface area contributed by atoms with Gasteiger partial charge in [0.1, 0.15) is 5.65 Å². The Morgan fingerprint density at radius 2 is 1.96 bits per heavy atom. The second kappa shape index (κ2) is 14.3. The number of aryl methyl sites for hydroxylation is 1. The lowest BCUT2D eigenvalue weighted by molar-refractivity contribution is 0.274. The van der Waals surface area contributed by atoms with Gasteiger partial charge in [0.15, 0.2) is 5.82 Å². The number of nitrogens with zero attached hydrogens (tertiary/aromatic N) is 2. The maximum atomic E-state index is 15.2. The van der Waals surface area contributed by atoms with Gasteiger partial charge in [0, 0.05) is 41.3 Å². The lowest BCUT2D eigenvalue weighted by atomic mass is 9.88. The van der Waals surface area contributed by atoms with Crippen molar-refractivity contribution >= 4 is 28.5 Å². The molecule has 6 N–H and O–H groups in total. The summed E-state index contributed by atoms with van der Waals surface area (Å²) >= 11 is 6.27. The Kier molecular flexibility index (Phi) is 10.4. The molecule has 10 heteroatoms. The average molecular weight is 634 g/mol. The number of halogens is 2. The van der Waals surface area contributed by atoms with Crippen LogP contribution in [-0.4, -0.2) is 38.5 Å². The normalized spacial score (nSPS) is 18.3. The van der Waals surface area contributed by atoms with Gasteiger partial charge in [-0.25, -0.2) is 9.18 Å². The molecule has 0 aliphatic carbocycles. The summed E-state index contributed by atoms with van der Waals surface area (Å²) in [4.78, 5) is 20.5. The van der Waals surface area contributed by atoms with E-state index in [1.165, 1.54) is 10.1 Å². The van der Waals surface area contributed by atoms with Gasteiger partial charge in [-0.15, -0.1) is 0 Å². The molecule has 4 atom stereocenters. The maximum absolute atomic E-state index is 15.2. The first-order valence-electron chi connectivity index (χ1n) is 16.0. The van der Waals surface area contributed by atoms with Gasteiger partial charge in [0.05, 0.1) is 22.2 Å². The van der Waals surface area contributed by atoms with Crippen molar-refractivity contribution in [3.05, 3.63) is 81.1 Å². The van der Waals surface area contributed by atoms with E-state index in [-0.39, 0.29) is 23.1 Å². The molecule has 5 rings (SSSR count). The SMILES string of the molecule is CC(=N)NC(C[C@@H]1CCC[C@@H](c2ccc(-n3cc4cc(-c5cc(CCC[C@H](C)N)cc(Cl)c5F)[nH]c4nc3=O)cc2)N1)C(C)C. The summed E-state index contributed by atoms with van der Waals surface area (Å²) in [6, 6.07) is 14.3. The van der Waals surface area contributed by atoms with Crippen LogP contribution in [0.2, 0.25) is 5.02 Å². The van der Waals surface area contributed by atoms with Gasteiger partial charge in [-0.1, -0.05) is 44.0 Å². The molecule has 2 aromatic carbocycles. The molecule has 1 aliphatic heterocycles. The zero-order valence-electron chi connectivity index (χ0n) is 26.6. The van der Waals surface area contributed by atoms with E-state index in [9.17, 15) is 4.79 Å². The fraction of sp³-hybridized carbons (Fsp3) is 0.457. The number of rotatable bonds is 11. The summed E-state index contributed by atoms with van der Waals surface area (Å²) < 4.78 is 16.7. The molecule has 3 heterocycles. The third-order valence-corrected chi connectivity index (χ3v) is 9.09. The van der Waals surface area contributed by atoms with Crippen LogP contribution < -0.4 is 22.1 Å². The van der Waals surface area contributed by atoms with Crippen molar-refractivity contribution in [2.75, 3.05) is 0 Å². The largest absolute Gasteiger partial charge is 0.371 e. The Bertz CT molecular complexity index is 1690. The third-order valence-electron chi connectivity index (χ3n) is 8.81. The number of fused-ring (bicyclic) bond motifs is 1. The van der Waals surface area contributed by atoms with E-state index in [4.69, 9.17) is 22.7 Å². The number of nitrogens with one attached hydrogen (secondary N) is 4. The molecule has 1 unspecified atom stereocenters. The number of piperidine rings is 1. The van der Waals surface area contributed by atoms with Crippen molar-refractivity contribution in [1.29, 1.82) is 5.41 Å². The van der Waals surface area contributed by atoms with Crippen molar-refractivity contribution in [3.63, 3.8) is 0 Å². The zero-order chi connectivity index (χ0) is 32.2. The van der Waals surface area contributed by atoms with E-state index in [1.54, 1.807) is 31.3 Å².